The number of carbonyl (C=O) groups is 2. The summed E-state index contributed by atoms with van der Waals surface area (Å²) in [6, 6.07) is 14.8. The van der Waals surface area contributed by atoms with Crippen molar-refractivity contribution < 1.29 is 18.0 Å². The molecule has 4 rings (SSSR count). The summed E-state index contributed by atoms with van der Waals surface area (Å²) in [6.45, 7) is 2.80. The minimum atomic E-state index is -4.28. The van der Waals surface area contributed by atoms with Crippen LogP contribution in [-0.2, 0) is 26.2 Å². The normalized spacial score (nSPS) is 14.4. The summed E-state index contributed by atoms with van der Waals surface area (Å²) in [5.41, 5.74) is 1.52. The van der Waals surface area contributed by atoms with Gasteiger partial charge in [0, 0.05) is 12.6 Å². The predicted molar refractivity (Wildman–Crippen MR) is 169 cm³/mol. The Kier molecular flexibility index (Phi) is 10.7. The fraction of sp³-hybridized carbons (Fsp3) is 0.333. The van der Waals surface area contributed by atoms with Gasteiger partial charge in [-0.3, -0.25) is 13.9 Å². The van der Waals surface area contributed by atoms with Gasteiger partial charge in [-0.2, -0.15) is 0 Å². The van der Waals surface area contributed by atoms with E-state index in [9.17, 15) is 18.0 Å². The zero-order valence-corrected chi connectivity index (χ0v) is 27.0. The largest absolute Gasteiger partial charge is 0.352 e. The van der Waals surface area contributed by atoms with Gasteiger partial charge in [0.2, 0.25) is 11.8 Å². The van der Waals surface area contributed by atoms with Crippen molar-refractivity contribution in [3.8, 4) is 0 Å². The second kappa shape index (κ2) is 13.9. The highest BCUT2D eigenvalue weighted by molar-refractivity contribution is 7.92. The van der Waals surface area contributed by atoms with Crippen molar-refractivity contribution in [2.45, 2.75) is 63.1 Å². The van der Waals surface area contributed by atoms with Crippen LogP contribution in [0.4, 0.5) is 5.69 Å². The zero-order chi connectivity index (χ0) is 30.6. The van der Waals surface area contributed by atoms with E-state index in [0.717, 1.165) is 35.6 Å². The molecule has 3 aromatic rings. The summed E-state index contributed by atoms with van der Waals surface area (Å²) in [7, 11) is -4.28. The SMILES string of the molecule is Cc1ccc(S(=O)(=O)N(CC(=O)N(Cc2ccc(Cl)c(Cl)c2)[C@@H](C)C(=O)NC2CCCC2)c2cccc(Cl)c2Cl)cc1. The molecule has 7 nitrogen and oxygen atoms in total. The minimum absolute atomic E-state index is 0.0172. The van der Waals surface area contributed by atoms with Gasteiger partial charge in [0.15, 0.2) is 0 Å². The van der Waals surface area contributed by atoms with E-state index in [2.05, 4.69) is 5.32 Å². The lowest BCUT2D eigenvalue weighted by atomic mass is 10.1. The number of nitrogens with one attached hydrogen (secondary N) is 1. The van der Waals surface area contributed by atoms with Crippen molar-refractivity contribution in [2.75, 3.05) is 10.8 Å². The van der Waals surface area contributed by atoms with Crippen molar-refractivity contribution in [1.82, 2.24) is 10.2 Å². The average Bonchev–Trinajstić information content (AvgIpc) is 3.46. The number of hydrogen-bond acceptors (Lipinski definition) is 4. The summed E-state index contributed by atoms with van der Waals surface area (Å²) in [5, 5.41) is 3.77. The number of anilines is 1. The van der Waals surface area contributed by atoms with Crippen LogP contribution in [0, 0.1) is 6.92 Å². The van der Waals surface area contributed by atoms with E-state index in [0.29, 0.717) is 15.6 Å². The van der Waals surface area contributed by atoms with Gasteiger partial charge >= 0.3 is 0 Å². The minimum Gasteiger partial charge on any atom is -0.352 e. The Bertz CT molecular complexity index is 1560. The Balaban J connectivity index is 1.73. The van der Waals surface area contributed by atoms with Gasteiger partial charge in [0.1, 0.15) is 12.6 Å². The molecule has 12 heteroatoms. The number of aryl methyl sites for hydroxylation is 1. The first kappa shape index (κ1) is 32.4. The molecule has 0 saturated heterocycles. The highest BCUT2D eigenvalue weighted by Gasteiger charge is 2.34. The molecule has 3 aromatic carbocycles. The molecule has 0 heterocycles. The molecular formula is C30H31Cl4N3O4S. The maximum atomic E-state index is 14.1. The highest BCUT2D eigenvalue weighted by Crippen LogP contribution is 2.36. The van der Waals surface area contributed by atoms with Crippen molar-refractivity contribution in [1.29, 1.82) is 0 Å². The van der Waals surface area contributed by atoms with Crippen LogP contribution in [0.3, 0.4) is 0 Å². The molecule has 224 valence electrons. The third-order valence-electron chi connectivity index (χ3n) is 7.29. The lowest BCUT2D eigenvalue weighted by molar-refractivity contribution is -0.139. The summed E-state index contributed by atoms with van der Waals surface area (Å²) in [4.78, 5) is 28.7. The maximum absolute atomic E-state index is 14.1. The molecule has 1 aliphatic carbocycles. The molecule has 1 atom stereocenters. The number of nitrogens with zero attached hydrogens (tertiary/aromatic N) is 2. The van der Waals surface area contributed by atoms with Crippen LogP contribution < -0.4 is 9.62 Å². The molecule has 0 radical (unpaired) electrons. The Labute approximate surface area is 266 Å². The van der Waals surface area contributed by atoms with Gasteiger partial charge in [-0.1, -0.05) is 89.1 Å². The zero-order valence-electron chi connectivity index (χ0n) is 23.1. The average molecular weight is 671 g/mol. The van der Waals surface area contributed by atoms with Crippen LogP contribution in [0.1, 0.15) is 43.7 Å². The smallest absolute Gasteiger partial charge is 0.264 e. The molecule has 0 aromatic heterocycles. The second-order valence-electron chi connectivity index (χ2n) is 10.3. The fourth-order valence-electron chi connectivity index (χ4n) is 4.85. The number of carbonyl (C=O) groups excluding carboxylic acids is 2. The molecular weight excluding hydrogens is 640 g/mol. The van der Waals surface area contributed by atoms with E-state index in [4.69, 9.17) is 46.4 Å². The van der Waals surface area contributed by atoms with Crippen molar-refractivity contribution >= 4 is 73.9 Å². The summed E-state index contributed by atoms with van der Waals surface area (Å²) >= 11 is 25.1. The van der Waals surface area contributed by atoms with Crippen LogP contribution in [-0.4, -0.2) is 43.8 Å². The molecule has 0 aliphatic heterocycles. The molecule has 42 heavy (non-hydrogen) atoms. The van der Waals surface area contributed by atoms with Gasteiger partial charge in [0.25, 0.3) is 10.0 Å². The Morgan fingerprint density at radius 3 is 2.24 bits per heavy atom. The second-order valence-corrected chi connectivity index (χ2v) is 13.8. The van der Waals surface area contributed by atoms with Gasteiger partial charge in [-0.25, -0.2) is 8.42 Å². The lowest BCUT2D eigenvalue weighted by Crippen LogP contribution is -2.52. The van der Waals surface area contributed by atoms with Crippen LogP contribution >= 0.6 is 46.4 Å². The quantitative estimate of drug-likeness (QED) is 0.246. The number of benzene rings is 3. The van der Waals surface area contributed by atoms with Gasteiger partial charge in [-0.15, -0.1) is 0 Å². The van der Waals surface area contributed by atoms with E-state index < -0.39 is 28.5 Å². The first-order chi connectivity index (χ1) is 19.9. The number of sulfonamides is 1. The molecule has 1 aliphatic rings. The highest BCUT2D eigenvalue weighted by atomic mass is 35.5. The van der Waals surface area contributed by atoms with E-state index >= 15 is 0 Å². The number of rotatable bonds is 10. The summed E-state index contributed by atoms with van der Waals surface area (Å²) in [5.74, 6) is -0.953. The lowest BCUT2D eigenvalue weighted by Gasteiger charge is -2.33. The third kappa shape index (κ3) is 7.53. The molecule has 1 N–H and O–H groups in total. The van der Waals surface area contributed by atoms with E-state index in [-0.39, 0.29) is 39.1 Å². The monoisotopic (exact) mass is 669 g/mol. The first-order valence-electron chi connectivity index (χ1n) is 13.5. The number of halogens is 4. The molecule has 0 bridgehead atoms. The van der Waals surface area contributed by atoms with Gasteiger partial charge in [-0.05, 0) is 68.7 Å². The van der Waals surface area contributed by atoms with Crippen LogP contribution in [0.25, 0.3) is 0 Å². The molecule has 1 saturated carbocycles. The fourth-order valence-corrected chi connectivity index (χ4v) is 7.04. The summed E-state index contributed by atoms with van der Waals surface area (Å²) in [6.07, 6.45) is 3.79. The Morgan fingerprint density at radius 2 is 1.60 bits per heavy atom. The molecule has 1 fully saturated rings. The topological polar surface area (TPSA) is 86.8 Å². The van der Waals surface area contributed by atoms with Gasteiger partial charge < -0.3 is 10.2 Å². The van der Waals surface area contributed by atoms with E-state index in [1.54, 1.807) is 43.3 Å². The van der Waals surface area contributed by atoms with Crippen LogP contribution in [0.5, 0.6) is 0 Å². The van der Waals surface area contributed by atoms with Crippen molar-refractivity contribution in [3.05, 3.63) is 91.9 Å². The first-order valence-corrected chi connectivity index (χ1v) is 16.4. The van der Waals surface area contributed by atoms with Crippen LogP contribution in [0.15, 0.2) is 65.6 Å². The molecule has 2 amide bonds. The van der Waals surface area contributed by atoms with E-state index in [1.165, 1.54) is 29.2 Å². The number of amides is 2. The van der Waals surface area contributed by atoms with Crippen LogP contribution in [0.2, 0.25) is 20.1 Å². The van der Waals surface area contributed by atoms with Crippen molar-refractivity contribution in [2.24, 2.45) is 0 Å². The number of hydrogen-bond donors (Lipinski definition) is 1. The molecule has 0 spiro atoms. The standard InChI is InChI=1S/C30H31Cl4N3O4S/c1-19-10-13-23(14-11-19)42(40,41)37(27-9-5-8-25(32)29(27)34)18-28(38)36(17-21-12-15-24(31)26(33)16-21)20(2)30(39)35-22-6-3-4-7-22/h5,8-16,20,22H,3-4,6-7,17-18H2,1-2H3,(H,35,39)/t20-/m0/s1. The Morgan fingerprint density at radius 1 is 0.929 bits per heavy atom. The van der Waals surface area contributed by atoms with Crippen molar-refractivity contribution in [3.63, 3.8) is 0 Å². The molecule has 0 unspecified atom stereocenters. The summed E-state index contributed by atoms with van der Waals surface area (Å²) < 4.78 is 28.9. The maximum Gasteiger partial charge on any atom is 0.264 e. The third-order valence-corrected chi connectivity index (χ3v) is 10.6. The Hall–Kier alpha value is -2.49. The predicted octanol–water partition coefficient (Wildman–Crippen LogP) is 7.28. The van der Waals surface area contributed by atoms with E-state index in [1.807, 2.05) is 6.92 Å². The van der Waals surface area contributed by atoms with Gasteiger partial charge in [0.05, 0.1) is 30.7 Å².